The van der Waals surface area contributed by atoms with Gasteiger partial charge in [0.05, 0.1) is 10.9 Å². The third-order valence-corrected chi connectivity index (χ3v) is 6.87. The zero-order valence-electron chi connectivity index (χ0n) is 15.5. The van der Waals surface area contributed by atoms with Crippen LogP contribution in [-0.4, -0.2) is 53.9 Å². The molecule has 1 aromatic carbocycles. The second-order valence-corrected chi connectivity index (χ2v) is 8.90. The zero-order chi connectivity index (χ0) is 19.0. The first-order valence-electron chi connectivity index (χ1n) is 9.07. The molecule has 2 heterocycles. The molecular formula is C18H24ClN5O3S. The molecule has 8 nitrogen and oxygen atoms in total. The molecule has 2 aromatic rings. The first-order valence-corrected chi connectivity index (χ1v) is 10.5. The quantitative estimate of drug-likeness (QED) is 0.747. The Morgan fingerprint density at radius 3 is 2.79 bits per heavy atom. The smallest absolute Gasteiger partial charge is 0.251 e. The van der Waals surface area contributed by atoms with Crippen LogP contribution in [0, 0.1) is 0 Å². The highest BCUT2D eigenvalue weighted by atomic mass is 35.5. The second kappa shape index (κ2) is 8.20. The van der Waals surface area contributed by atoms with E-state index in [2.05, 4.69) is 15.6 Å². The molecule has 1 unspecified atom stereocenters. The molecule has 1 saturated heterocycles. The number of sulfonamides is 1. The van der Waals surface area contributed by atoms with Gasteiger partial charge in [-0.05, 0) is 31.0 Å². The number of aromatic nitrogens is 2. The molecule has 152 valence electrons. The van der Waals surface area contributed by atoms with Gasteiger partial charge in [0.15, 0.2) is 0 Å². The Morgan fingerprint density at radius 2 is 2.11 bits per heavy atom. The van der Waals surface area contributed by atoms with Gasteiger partial charge in [-0.3, -0.25) is 4.79 Å². The molecule has 1 aromatic heterocycles. The second-order valence-electron chi connectivity index (χ2n) is 7.01. The lowest BCUT2D eigenvalue weighted by Gasteiger charge is -2.34. The summed E-state index contributed by atoms with van der Waals surface area (Å²) in [6, 6.07) is 6.09. The zero-order valence-corrected chi connectivity index (χ0v) is 17.2. The summed E-state index contributed by atoms with van der Waals surface area (Å²) in [6.45, 7) is 1.41. The molecule has 0 spiro atoms. The molecule has 10 heteroatoms. The minimum absolute atomic E-state index is 0. The molecule has 1 atom stereocenters. The van der Waals surface area contributed by atoms with Crippen molar-refractivity contribution < 1.29 is 13.2 Å². The van der Waals surface area contributed by atoms with Crippen LogP contribution >= 0.6 is 12.4 Å². The van der Waals surface area contributed by atoms with Gasteiger partial charge >= 0.3 is 0 Å². The molecule has 28 heavy (non-hydrogen) atoms. The number of halogens is 1. The minimum Gasteiger partial charge on any atom is -0.349 e. The van der Waals surface area contributed by atoms with E-state index in [9.17, 15) is 13.2 Å². The van der Waals surface area contributed by atoms with Gasteiger partial charge in [0, 0.05) is 50.7 Å². The van der Waals surface area contributed by atoms with E-state index in [0.29, 0.717) is 31.0 Å². The average molecular weight is 426 g/mol. The van der Waals surface area contributed by atoms with Gasteiger partial charge in [-0.25, -0.2) is 13.4 Å². The van der Waals surface area contributed by atoms with E-state index in [-0.39, 0.29) is 29.3 Å². The fraction of sp³-hybridized carbons (Fsp3) is 0.444. The van der Waals surface area contributed by atoms with Crippen LogP contribution in [0.4, 0.5) is 0 Å². The highest BCUT2D eigenvalue weighted by Crippen LogP contribution is 2.28. The van der Waals surface area contributed by atoms with E-state index in [1.54, 1.807) is 30.6 Å². The lowest BCUT2D eigenvalue weighted by molar-refractivity contribution is 0.0951. The highest BCUT2D eigenvalue weighted by molar-refractivity contribution is 7.89. The summed E-state index contributed by atoms with van der Waals surface area (Å²) in [5.41, 5.74) is 0.367. The molecule has 2 fully saturated rings. The monoisotopic (exact) mass is 425 g/mol. The maximum Gasteiger partial charge on any atom is 0.251 e. The number of piperazine rings is 1. The maximum atomic E-state index is 13.3. The number of hydrogen-bond donors (Lipinski definition) is 2. The lowest BCUT2D eigenvalue weighted by atomic mass is 10.2. The number of aryl methyl sites for hydroxylation is 1. The summed E-state index contributed by atoms with van der Waals surface area (Å²) in [4.78, 5) is 16.8. The molecule has 2 N–H and O–H groups in total. The summed E-state index contributed by atoms with van der Waals surface area (Å²) in [5, 5.41) is 6.13. The van der Waals surface area contributed by atoms with Crippen LogP contribution < -0.4 is 10.6 Å². The van der Waals surface area contributed by atoms with Crippen molar-refractivity contribution >= 4 is 28.3 Å². The van der Waals surface area contributed by atoms with Crippen molar-refractivity contribution in [2.24, 2.45) is 7.05 Å². The van der Waals surface area contributed by atoms with E-state index < -0.39 is 16.1 Å². The van der Waals surface area contributed by atoms with Gasteiger partial charge in [0.2, 0.25) is 10.0 Å². The maximum absolute atomic E-state index is 13.3. The Balaban J connectivity index is 0.00000225. The largest absolute Gasteiger partial charge is 0.349 e. The van der Waals surface area contributed by atoms with Gasteiger partial charge in [0.25, 0.3) is 5.91 Å². The Hall–Kier alpha value is -1.94. The Labute approximate surface area is 170 Å². The Bertz CT molecular complexity index is 958. The third-order valence-electron chi connectivity index (χ3n) is 4.97. The minimum atomic E-state index is -3.76. The average Bonchev–Trinajstić information content (AvgIpc) is 3.39. The highest BCUT2D eigenvalue weighted by Gasteiger charge is 2.36. The predicted octanol–water partition coefficient (Wildman–Crippen LogP) is 1.07. The number of amides is 1. The van der Waals surface area contributed by atoms with Gasteiger partial charge in [-0.1, -0.05) is 6.07 Å². The van der Waals surface area contributed by atoms with Crippen molar-refractivity contribution in [1.29, 1.82) is 0 Å². The summed E-state index contributed by atoms with van der Waals surface area (Å²) in [5.74, 6) is 0.462. The van der Waals surface area contributed by atoms with E-state index in [1.807, 2.05) is 11.6 Å². The van der Waals surface area contributed by atoms with Crippen molar-refractivity contribution in [3.05, 3.63) is 48.0 Å². The summed E-state index contributed by atoms with van der Waals surface area (Å²) < 4.78 is 30.0. The number of benzene rings is 1. The molecule has 1 saturated carbocycles. The standard InChI is InChI=1S/C18H23N5O3S.ClH/c1-22-9-8-20-17(22)16-12-19-7-10-23(16)27(25,26)15-4-2-3-13(11-15)18(24)21-14-5-6-14;/h2-4,8-9,11,14,16,19H,5-7,10,12H2,1H3,(H,21,24);1H. The molecule has 1 aliphatic carbocycles. The van der Waals surface area contributed by atoms with Crippen LogP contribution in [0.15, 0.2) is 41.6 Å². The molecule has 2 aliphatic rings. The van der Waals surface area contributed by atoms with Crippen LogP contribution in [0.25, 0.3) is 0 Å². The molecular weight excluding hydrogens is 402 g/mol. The van der Waals surface area contributed by atoms with Gasteiger partial charge in [0.1, 0.15) is 5.82 Å². The summed E-state index contributed by atoms with van der Waals surface area (Å²) >= 11 is 0. The Kier molecular flexibility index (Phi) is 6.09. The number of carbonyl (C=O) groups is 1. The molecule has 0 bridgehead atoms. The first kappa shape index (κ1) is 20.8. The van der Waals surface area contributed by atoms with Crippen molar-refractivity contribution in [2.75, 3.05) is 19.6 Å². The number of nitrogens with one attached hydrogen (secondary N) is 2. The van der Waals surface area contributed by atoms with E-state index in [0.717, 1.165) is 12.8 Å². The fourth-order valence-electron chi connectivity index (χ4n) is 3.32. The van der Waals surface area contributed by atoms with Gasteiger partial charge in [-0.2, -0.15) is 4.31 Å². The molecule has 0 radical (unpaired) electrons. The predicted molar refractivity (Wildman–Crippen MR) is 107 cm³/mol. The molecule has 1 aliphatic heterocycles. The normalized spacial score (nSPS) is 20.4. The molecule has 1 amide bonds. The number of carbonyl (C=O) groups excluding carboxylic acids is 1. The summed E-state index contributed by atoms with van der Waals surface area (Å²) in [7, 11) is -1.91. The molecule has 4 rings (SSSR count). The van der Waals surface area contributed by atoms with Crippen LogP contribution in [0.5, 0.6) is 0 Å². The SMILES string of the molecule is Cl.Cn1ccnc1C1CNCCN1S(=O)(=O)c1cccc(C(=O)NC2CC2)c1. The third kappa shape index (κ3) is 4.07. The summed E-state index contributed by atoms with van der Waals surface area (Å²) in [6.07, 6.45) is 5.43. The van der Waals surface area contributed by atoms with E-state index >= 15 is 0 Å². The number of rotatable bonds is 5. The van der Waals surface area contributed by atoms with E-state index in [4.69, 9.17) is 0 Å². The van der Waals surface area contributed by atoms with E-state index in [1.165, 1.54) is 10.4 Å². The lowest BCUT2D eigenvalue weighted by Crippen LogP contribution is -2.49. The first-order chi connectivity index (χ1) is 13.0. The van der Waals surface area contributed by atoms with Crippen molar-refractivity contribution in [3.8, 4) is 0 Å². The van der Waals surface area contributed by atoms with Crippen molar-refractivity contribution in [3.63, 3.8) is 0 Å². The van der Waals surface area contributed by atoms with Crippen LogP contribution in [-0.2, 0) is 17.1 Å². The number of imidazole rings is 1. The fourth-order valence-corrected chi connectivity index (χ4v) is 4.95. The van der Waals surface area contributed by atoms with Crippen LogP contribution in [0.1, 0.15) is 35.1 Å². The number of hydrogen-bond acceptors (Lipinski definition) is 5. The van der Waals surface area contributed by atoms with Crippen LogP contribution in [0.3, 0.4) is 0 Å². The number of nitrogens with zero attached hydrogens (tertiary/aromatic N) is 3. The van der Waals surface area contributed by atoms with Crippen LogP contribution in [0.2, 0.25) is 0 Å². The van der Waals surface area contributed by atoms with Gasteiger partial charge in [-0.15, -0.1) is 12.4 Å². The van der Waals surface area contributed by atoms with Crippen molar-refractivity contribution in [2.45, 2.75) is 29.8 Å². The Morgan fingerprint density at radius 1 is 1.32 bits per heavy atom. The topological polar surface area (TPSA) is 96.3 Å². The van der Waals surface area contributed by atoms with Gasteiger partial charge < -0.3 is 15.2 Å². The van der Waals surface area contributed by atoms with Crippen molar-refractivity contribution in [1.82, 2.24) is 24.5 Å².